The predicted octanol–water partition coefficient (Wildman–Crippen LogP) is 2.07. The van der Waals surface area contributed by atoms with E-state index in [2.05, 4.69) is 10.6 Å². The van der Waals surface area contributed by atoms with Crippen molar-refractivity contribution in [2.24, 2.45) is 0 Å². The van der Waals surface area contributed by atoms with E-state index in [1.165, 1.54) is 0 Å². The van der Waals surface area contributed by atoms with Crippen LogP contribution in [0.25, 0.3) is 0 Å². The lowest BCUT2D eigenvalue weighted by atomic mass is 9.95. The van der Waals surface area contributed by atoms with Crippen LogP contribution in [-0.4, -0.2) is 29.8 Å². The molecular formula is C13H15F3N2OS. The van der Waals surface area contributed by atoms with Gasteiger partial charge in [-0.15, -0.1) is 0 Å². The molecule has 0 fully saturated rings. The van der Waals surface area contributed by atoms with Crippen LogP contribution in [0.1, 0.15) is 11.1 Å². The first-order valence-corrected chi connectivity index (χ1v) is 7.23. The minimum atomic E-state index is -4.24. The number of hydrogen-bond acceptors (Lipinski definition) is 3. The zero-order valence-corrected chi connectivity index (χ0v) is 11.5. The number of carbonyl (C=O) groups excluding carboxylic acids is 1. The first-order valence-electron chi connectivity index (χ1n) is 6.24. The Kier molecular flexibility index (Phi) is 4.93. The fraction of sp³-hybridized carbons (Fsp3) is 0.462. The third-order valence-electron chi connectivity index (χ3n) is 3.06. The van der Waals surface area contributed by atoms with Gasteiger partial charge in [-0.25, -0.2) is 0 Å². The lowest BCUT2D eigenvalue weighted by Gasteiger charge is -2.25. The van der Waals surface area contributed by atoms with E-state index in [1.807, 2.05) is 24.3 Å². The Bertz CT molecular complexity index is 479. The topological polar surface area (TPSA) is 41.1 Å². The van der Waals surface area contributed by atoms with E-state index in [0.29, 0.717) is 13.0 Å². The summed E-state index contributed by atoms with van der Waals surface area (Å²) in [5, 5.41) is 5.62. The Morgan fingerprint density at radius 2 is 2.05 bits per heavy atom. The van der Waals surface area contributed by atoms with Crippen molar-refractivity contribution in [3.05, 3.63) is 35.4 Å². The summed E-state index contributed by atoms with van der Waals surface area (Å²) in [4.78, 5) is 11.9. The molecule has 1 aromatic carbocycles. The molecule has 1 atom stereocenters. The van der Waals surface area contributed by atoms with E-state index < -0.39 is 5.51 Å². The van der Waals surface area contributed by atoms with Crippen LogP contribution in [0, 0.1) is 0 Å². The first-order chi connectivity index (χ1) is 9.46. The number of hydrogen-bond donors (Lipinski definition) is 2. The number of fused-ring (bicyclic) bond motifs is 1. The first kappa shape index (κ1) is 15.2. The average Bonchev–Trinajstić information content (AvgIpc) is 2.42. The van der Waals surface area contributed by atoms with E-state index in [-0.39, 0.29) is 36.0 Å². The van der Waals surface area contributed by atoms with Crippen molar-refractivity contribution in [2.75, 3.05) is 12.3 Å². The summed E-state index contributed by atoms with van der Waals surface area (Å²) in [5.74, 6) is -0.416. The second-order valence-electron chi connectivity index (χ2n) is 4.49. The van der Waals surface area contributed by atoms with Gasteiger partial charge in [0, 0.05) is 18.8 Å². The average molecular weight is 304 g/mol. The zero-order valence-electron chi connectivity index (χ0n) is 10.7. The number of rotatable bonds is 4. The van der Waals surface area contributed by atoms with Crippen LogP contribution in [-0.2, 0) is 17.8 Å². The molecule has 2 N–H and O–H groups in total. The van der Waals surface area contributed by atoms with Gasteiger partial charge in [0.1, 0.15) is 0 Å². The highest BCUT2D eigenvalue weighted by Gasteiger charge is 2.28. The Hall–Kier alpha value is -1.21. The molecule has 1 amide bonds. The smallest absolute Gasteiger partial charge is 0.354 e. The molecule has 1 aromatic rings. The van der Waals surface area contributed by atoms with Gasteiger partial charge in [-0.2, -0.15) is 13.2 Å². The summed E-state index contributed by atoms with van der Waals surface area (Å²) in [5.41, 5.74) is -1.98. The third-order valence-corrected chi connectivity index (χ3v) is 3.80. The lowest BCUT2D eigenvalue weighted by molar-refractivity contribution is -0.123. The highest BCUT2D eigenvalue weighted by Crippen LogP contribution is 2.29. The number of thioether (sulfide) groups is 1. The summed E-state index contributed by atoms with van der Waals surface area (Å²) in [6.07, 6.45) is 0.564. The molecule has 0 radical (unpaired) electrons. The van der Waals surface area contributed by atoms with Crippen LogP contribution in [0.5, 0.6) is 0 Å². The van der Waals surface area contributed by atoms with Gasteiger partial charge in [0.15, 0.2) is 0 Å². The standard InChI is InChI=1S/C13H15F3N2OS/c14-13(15,16)20-6-5-17-12(19)11-7-9-3-1-2-4-10(9)8-18-11/h1-4,11,18H,5-8H2,(H,17,19)/t11-/m0/s1. The van der Waals surface area contributed by atoms with Crippen molar-refractivity contribution in [2.45, 2.75) is 24.5 Å². The molecule has 0 saturated carbocycles. The van der Waals surface area contributed by atoms with Crippen molar-refractivity contribution in [1.82, 2.24) is 10.6 Å². The maximum Gasteiger partial charge on any atom is 0.441 e. The van der Waals surface area contributed by atoms with Crippen LogP contribution in [0.4, 0.5) is 13.2 Å². The van der Waals surface area contributed by atoms with Crippen molar-refractivity contribution >= 4 is 17.7 Å². The maximum absolute atomic E-state index is 11.9. The van der Waals surface area contributed by atoms with Crippen LogP contribution >= 0.6 is 11.8 Å². The maximum atomic E-state index is 11.9. The number of alkyl halides is 3. The second-order valence-corrected chi connectivity index (χ2v) is 5.65. The molecule has 7 heteroatoms. The zero-order chi connectivity index (χ0) is 14.6. The van der Waals surface area contributed by atoms with E-state index in [4.69, 9.17) is 0 Å². The van der Waals surface area contributed by atoms with Crippen molar-refractivity contribution < 1.29 is 18.0 Å². The number of amides is 1. The highest BCUT2D eigenvalue weighted by atomic mass is 32.2. The van der Waals surface area contributed by atoms with Crippen molar-refractivity contribution in [3.8, 4) is 0 Å². The van der Waals surface area contributed by atoms with E-state index in [1.54, 1.807) is 0 Å². The van der Waals surface area contributed by atoms with Crippen LogP contribution in [0.2, 0.25) is 0 Å². The van der Waals surface area contributed by atoms with Crippen LogP contribution < -0.4 is 10.6 Å². The molecule has 1 aliphatic heterocycles. The largest absolute Gasteiger partial charge is 0.441 e. The Balaban J connectivity index is 1.77. The van der Waals surface area contributed by atoms with E-state index in [0.717, 1.165) is 11.1 Å². The minimum Gasteiger partial charge on any atom is -0.354 e. The number of nitrogens with one attached hydrogen (secondary N) is 2. The molecule has 0 saturated heterocycles. The summed E-state index contributed by atoms with van der Waals surface area (Å²) in [7, 11) is 0. The molecule has 110 valence electrons. The van der Waals surface area contributed by atoms with E-state index in [9.17, 15) is 18.0 Å². The minimum absolute atomic E-state index is 0.0167. The number of benzene rings is 1. The molecule has 0 unspecified atom stereocenters. The summed E-state index contributed by atoms with van der Waals surface area (Å²) in [6, 6.07) is 7.45. The van der Waals surface area contributed by atoms with Gasteiger partial charge in [-0.05, 0) is 29.3 Å². The number of carbonyl (C=O) groups is 1. The molecule has 0 bridgehead atoms. The molecule has 3 nitrogen and oxygen atoms in total. The molecular weight excluding hydrogens is 289 g/mol. The molecule has 1 heterocycles. The Labute approximate surface area is 119 Å². The fourth-order valence-electron chi connectivity index (χ4n) is 2.10. The van der Waals surface area contributed by atoms with Gasteiger partial charge in [-0.1, -0.05) is 24.3 Å². The molecule has 2 rings (SSSR count). The van der Waals surface area contributed by atoms with Crippen molar-refractivity contribution in [1.29, 1.82) is 0 Å². The SMILES string of the molecule is O=C(NCCSC(F)(F)F)[C@@H]1Cc2ccccc2CN1. The Morgan fingerprint density at radius 1 is 1.35 bits per heavy atom. The van der Waals surface area contributed by atoms with E-state index >= 15 is 0 Å². The molecule has 0 aromatic heterocycles. The summed E-state index contributed by atoms with van der Waals surface area (Å²) < 4.78 is 35.8. The summed E-state index contributed by atoms with van der Waals surface area (Å²) in [6.45, 7) is 0.619. The van der Waals surface area contributed by atoms with Gasteiger partial charge >= 0.3 is 5.51 Å². The van der Waals surface area contributed by atoms with Gasteiger partial charge in [-0.3, -0.25) is 4.79 Å². The van der Waals surface area contributed by atoms with Crippen LogP contribution in [0.15, 0.2) is 24.3 Å². The second kappa shape index (κ2) is 6.49. The van der Waals surface area contributed by atoms with Gasteiger partial charge in [0.2, 0.25) is 5.91 Å². The van der Waals surface area contributed by atoms with Crippen LogP contribution in [0.3, 0.4) is 0 Å². The highest BCUT2D eigenvalue weighted by molar-refractivity contribution is 8.00. The monoisotopic (exact) mass is 304 g/mol. The van der Waals surface area contributed by atoms with Crippen molar-refractivity contribution in [3.63, 3.8) is 0 Å². The normalized spacial score (nSPS) is 18.4. The lowest BCUT2D eigenvalue weighted by Crippen LogP contribution is -2.48. The molecule has 1 aliphatic rings. The van der Waals surface area contributed by atoms with Gasteiger partial charge in [0.05, 0.1) is 6.04 Å². The van der Waals surface area contributed by atoms with Gasteiger partial charge in [0.25, 0.3) is 0 Å². The summed E-state index contributed by atoms with van der Waals surface area (Å²) >= 11 is -0.124. The van der Waals surface area contributed by atoms with Gasteiger partial charge < -0.3 is 10.6 Å². The molecule has 0 aliphatic carbocycles. The Morgan fingerprint density at radius 3 is 2.75 bits per heavy atom. The predicted molar refractivity (Wildman–Crippen MR) is 72.3 cm³/mol. The third kappa shape index (κ3) is 4.42. The quantitative estimate of drug-likeness (QED) is 0.837. The molecule has 0 spiro atoms. The number of halogens is 3. The molecule has 20 heavy (non-hydrogen) atoms. The fourth-order valence-corrected chi connectivity index (χ4v) is 2.54.